The highest BCUT2D eigenvalue weighted by atomic mass is 35.5. The molecule has 0 atom stereocenters. The van der Waals surface area contributed by atoms with Crippen molar-refractivity contribution < 1.29 is 14.3 Å². The molecule has 0 radical (unpaired) electrons. The summed E-state index contributed by atoms with van der Waals surface area (Å²) >= 11 is 11.8. The summed E-state index contributed by atoms with van der Waals surface area (Å²) in [6.45, 7) is 0.300. The van der Waals surface area contributed by atoms with Crippen LogP contribution in [0.3, 0.4) is 0 Å². The topological polar surface area (TPSA) is 88.2 Å². The summed E-state index contributed by atoms with van der Waals surface area (Å²) in [6, 6.07) is 20.7. The average Bonchev–Trinajstić information content (AvgIpc) is 3.27. The van der Waals surface area contributed by atoms with Gasteiger partial charge in [-0.2, -0.15) is 0 Å². The van der Waals surface area contributed by atoms with E-state index >= 15 is 0 Å². The molecule has 30 heavy (non-hydrogen) atoms. The number of carbonyl (C=O) groups is 1. The van der Waals surface area contributed by atoms with Gasteiger partial charge in [-0.3, -0.25) is 4.79 Å². The van der Waals surface area contributed by atoms with E-state index in [2.05, 4.69) is 15.5 Å². The predicted octanol–water partition coefficient (Wildman–Crippen LogP) is 5.35. The van der Waals surface area contributed by atoms with Gasteiger partial charge < -0.3 is 14.8 Å². The Kier molecular flexibility index (Phi) is 5.70. The number of phenols is 1. The van der Waals surface area contributed by atoms with Gasteiger partial charge >= 0.3 is 11.8 Å². The van der Waals surface area contributed by atoms with Crippen molar-refractivity contribution in [3.63, 3.8) is 0 Å². The van der Waals surface area contributed by atoms with E-state index in [0.29, 0.717) is 12.1 Å². The Labute approximate surface area is 182 Å². The molecule has 150 valence electrons. The summed E-state index contributed by atoms with van der Waals surface area (Å²) < 4.78 is 5.43. The second-order valence-electron chi connectivity index (χ2n) is 6.45. The van der Waals surface area contributed by atoms with E-state index in [4.69, 9.17) is 27.6 Å². The lowest BCUT2D eigenvalue weighted by Gasteiger charge is -2.06. The monoisotopic (exact) mass is 439 g/mol. The molecule has 1 heterocycles. The lowest BCUT2D eigenvalue weighted by molar-refractivity contribution is 0.0917. The molecule has 2 N–H and O–H groups in total. The average molecular weight is 440 g/mol. The Morgan fingerprint density at radius 3 is 2.33 bits per heavy atom. The third-order valence-corrected chi connectivity index (χ3v) is 4.95. The maximum Gasteiger partial charge on any atom is 0.309 e. The fourth-order valence-electron chi connectivity index (χ4n) is 2.87. The molecule has 1 amide bonds. The highest BCUT2D eigenvalue weighted by Gasteiger charge is 2.17. The molecule has 0 aliphatic carbocycles. The van der Waals surface area contributed by atoms with Crippen molar-refractivity contribution in [2.24, 2.45) is 0 Å². The lowest BCUT2D eigenvalue weighted by atomic mass is 10.0. The molecule has 3 aromatic carbocycles. The maximum atomic E-state index is 12.4. The third kappa shape index (κ3) is 4.30. The normalized spacial score (nSPS) is 10.7. The number of hydrogen-bond donors (Lipinski definition) is 2. The molecule has 8 heteroatoms. The minimum atomic E-state index is -0.505. The quantitative estimate of drug-likeness (QED) is 0.437. The third-order valence-electron chi connectivity index (χ3n) is 4.37. The summed E-state index contributed by atoms with van der Waals surface area (Å²) in [5.74, 6) is -0.869. The van der Waals surface area contributed by atoms with Crippen LogP contribution < -0.4 is 5.32 Å². The first-order valence-corrected chi connectivity index (χ1v) is 9.71. The summed E-state index contributed by atoms with van der Waals surface area (Å²) in [4.78, 5) is 12.4. The number of phenolic OH excluding ortho intramolecular Hbond substituents is 1. The van der Waals surface area contributed by atoms with E-state index in [1.807, 2.05) is 54.6 Å². The molecule has 0 unspecified atom stereocenters. The SMILES string of the molecule is O=C(NCc1cccc(-c2ccccc2)c1)c1nnc(-c2cc(Cl)c(O)c(Cl)c2)o1. The van der Waals surface area contributed by atoms with Crippen LogP contribution in [-0.4, -0.2) is 21.2 Å². The summed E-state index contributed by atoms with van der Waals surface area (Å²) in [7, 11) is 0. The molecule has 4 aromatic rings. The van der Waals surface area contributed by atoms with Crippen molar-refractivity contribution in [2.45, 2.75) is 6.54 Å². The number of nitrogens with zero attached hydrogens (tertiary/aromatic N) is 2. The van der Waals surface area contributed by atoms with Crippen molar-refractivity contribution in [3.8, 4) is 28.3 Å². The molecule has 0 saturated heterocycles. The van der Waals surface area contributed by atoms with Crippen LogP contribution >= 0.6 is 23.2 Å². The Bertz CT molecular complexity index is 1190. The largest absolute Gasteiger partial charge is 0.505 e. The summed E-state index contributed by atoms with van der Waals surface area (Å²) in [5.41, 5.74) is 3.48. The number of nitrogens with one attached hydrogen (secondary N) is 1. The predicted molar refractivity (Wildman–Crippen MR) is 114 cm³/mol. The Morgan fingerprint density at radius 2 is 1.60 bits per heavy atom. The van der Waals surface area contributed by atoms with E-state index in [1.54, 1.807) is 0 Å². The molecular formula is C22H15Cl2N3O3. The van der Waals surface area contributed by atoms with Crippen molar-refractivity contribution >= 4 is 29.1 Å². The first-order chi connectivity index (χ1) is 14.5. The first-order valence-electron chi connectivity index (χ1n) is 8.96. The lowest BCUT2D eigenvalue weighted by Crippen LogP contribution is -2.23. The number of halogens is 2. The molecule has 6 nitrogen and oxygen atoms in total. The highest BCUT2D eigenvalue weighted by Crippen LogP contribution is 2.36. The molecule has 4 rings (SSSR count). The zero-order valence-electron chi connectivity index (χ0n) is 15.5. The number of aromatic hydroxyl groups is 1. The highest BCUT2D eigenvalue weighted by molar-refractivity contribution is 6.37. The van der Waals surface area contributed by atoms with Gasteiger partial charge in [0, 0.05) is 12.1 Å². The second-order valence-corrected chi connectivity index (χ2v) is 7.26. The van der Waals surface area contributed by atoms with Gasteiger partial charge in [0.15, 0.2) is 5.75 Å². The summed E-state index contributed by atoms with van der Waals surface area (Å²) in [5, 5.41) is 20.1. The minimum Gasteiger partial charge on any atom is -0.505 e. The Morgan fingerprint density at radius 1 is 0.900 bits per heavy atom. The molecule has 0 aliphatic rings. The molecule has 0 fully saturated rings. The van der Waals surface area contributed by atoms with Crippen LogP contribution in [0.15, 0.2) is 71.1 Å². The second kappa shape index (κ2) is 8.57. The fourth-order valence-corrected chi connectivity index (χ4v) is 3.36. The summed E-state index contributed by atoms with van der Waals surface area (Å²) in [6.07, 6.45) is 0. The van der Waals surface area contributed by atoms with Crippen LogP contribution in [0.2, 0.25) is 10.0 Å². The molecule has 0 bridgehead atoms. The number of hydrogen-bond acceptors (Lipinski definition) is 5. The van der Waals surface area contributed by atoms with Gasteiger partial charge in [-0.1, -0.05) is 71.7 Å². The Balaban J connectivity index is 1.46. The van der Waals surface area contributed by atoms with Gasteiger partial charge in [0.25, 0.3) is 0 Å². The maximum absolute atomic E-state index is 12.4. The van der Waals surface area contributed by atoms with Gasteiger partial charge in [-0.25, -0.2) is 0 Å². The fraction of sp³-hybridized carbons (Fsp3) is 0.0455. The van der Waals surface area contributed by atoms with Crippen LogP contribution in [0, 0.1) is 0 Å². The van der Waals surface area contributed by atoms with E-state index in [-0.39, 0.29) is 27.6 Å². The van der Waals surface area contributed by atoms with E-state index < -0.39 is 5.91 Å². The number of aromatic nitrogens is 2. The van der Waals surface area contributed by atoms with E-state index in [9.17, 15) is 9.90 Å². The van der Waals surface area contributed by atoms with Crippen molar-refractivity contribution in [1.29, 1.82) is 0 Å². The zero-order valence-corrected chi connectivity index (χ0v) is 17.0. The first kappa shape index (κ1) is 19.9. The van der Waals surface area contributed by atoms with Gasteiger partial charge in [-0.15, -0.1) is 10.2 Å². The van der Waals surface area contributed by atoms with Gasteiger partial charge in [0.2, 0.25) is 5.89 Å². The van der Waals surface area contributed by atoms with Gasteiger partial charge in [0.05, 0.1) is 10.0 Å². The van der Waals surface area contributed by atoms with Gasteiger partial charge in [0.1, 0.15) is 0 Å². The van der Waals surface area contributed by atoms with Crippen LogP contribution in [0.1, 0.15) is 16.2 Å². The zero-order chi connectivity index (χ0) is 21.1. The number of benzene rings is 3. The number of carbonyl (C=O) groups excluding carboxylic acids is 1. The molecule has 0 saturated carbocycles. The number of rotatable bonds is 5. The van der Waals surface area contributed by atoms with E-state index in [0.717, 1.165) is 16.7 Å². The van der Waals surface area contributed by atoms with Gasteiger partial charge in [-0.05, 0) is 34.9 Å². The van der Waals surface area contributed by atoms with Crippen molar-refractivity contribution in [1.82, 2.24) is 15.5 Å². The minimum absolute atomic E-state index is 0.0417. The van der Waals surface area contributed by atoms with Crippen LogP contribution in [0.4, 0.5) is 0 Å². The van der Waals surface area contributed by atoms with Crippen molar-refractivity contribution in [2.75, 3.05) is 0 Å². The standard InChI is InChI=1S/C22H15Cl2N3O3/c23-17-10-16(11-18(24)19(17)28)21-26-27-22(30-21)20(29)25-12-13-5-4-8-15(9-13)14-6-2-1-3-7-14/h1-11,28H,12H2,(H,25,29). The molecular weight excluding hydrogens is 425 g/mol. The van der Waals surface area contributed by atoms with Crippen LogP contribution in [0.25, 0.3) is 22.6 Å². The number of amides is 1. The molecule has 1 aromatic heterocycles. The van der Waals surface area contributed by atoms with Crippen molar-refractivity contribution in [3.05, 3.63) is 88.2 Å². The van der Waals surface area contributed by atoms with Crippen LogP contribution in [0.5, 0.6) is 5.75 Å². The Hall–Kier alpha value is -3.35. The molecule has 0 spiro atoms. The molecule has 0 aliphatic heterocycles. The van der Waals surface area contributed by atoms with Crippen LogP contribution in [-0.2, 0) is 6.54 Å². The van der Waals surface area contributed by atoms with E-state index in [1.165, 1.54) is 12.1 Å². The smallest absolute Gasteiger partial charge is 0.309 e.